The van der Waals surface area contributed by atoms with E-state index in [1.807, 2.05) is 0 Å². The molecule has 0 bridgehead atoms. The van der Waals surface area contributed by atoms with Crippen LogP contribution in [0.25, 0.3) is 0 Å². The van der Waals surface area contributed by atoms with Crippen LogP contribution < -0.4 is 0 Å². The van der Waals surface area contributed by atoms with Crippen molar-refractivity contribution in [1.29, 1.82) is 0 Å². The van der Waals surface area contributed by atoms with Crippen molar-refractivity contribution in [2.45, 2.75) is 58.8 Å². The molecule has 0 aliphatic carbocycles. The molecule has 0 fully saturated rings. The molecular weight excluding hydrogens is 120 g/mol. The Bertz CT molecular complexity index is 40.0. The van der Waals surface area contributed by atoms with E-state index in [0.29, 0.717) is 0 Å². The summed E-state index contributed by atoms with van der Waals surface area (Å²) in [7, 11) is 0. The molecule has 0 rings (SSSR count). The number of rotatable bonds is 7. The Morgan fingerprint density at radius 2 is 1.50 bits per heavy atom. The van der Waals surface area contributed by atoms with Crippen molar-refractivity contribution >= 4 is 0 Å². The highest BCUT2D eigenvalue weighted by Crippen LogP contribution is 2.07. The predicted molar refractivity (Wildman–Crippen MR) is 48.0 cm³/mol. The molecule has 0 spiro atoms. The van der Waals surface area contributed by atoms with Crippen molar-refractivity contribution in [1.82, 2.24) is 0 Å². The maximum Gasteiger partial charge on any atom is -0.0417 e. The van der Waals surface area contributed by atoms with Crippen molar-refractivity contribution in [2.24, 2.45) is 0 Å². The minimum atomic E-state index is 1.31. The van der Waals surface area contributed by atoms with Crippen molar-refractivity contribution < 1.29 is 0 Å². The Labute approximate surface area is 66.0 Å². The predicted octanol–water partition coefficient (Wildman–Crippen LogP) is 3.96. The van der Waals surface area contributed by atoms with Crippen LogP contribution in [0.2, 0.25) is 0 Å². The first-order valence-corrected chi connectivity index (χ1v) is 4.69. The van der Waals surface area contributed by atoms with Gasteiger partial charge in [0.1, 0.15) is 0 Å². The van der Waals surface area contributed by atoms with Crippen molar-refractivity contribution in [3.05, 3.63) is 6.42 Å². The molecule has 0 saturated carbocycles. The van der Waals surface area contributed by atoms with Gasteiger partial charge in [0.2, 0.25) is 0 Å². The van der Waals surface area contributed by atoms with Gasteiger partial charge in [-0.05, 0) is 6.42 Å². The third kappa shape index (κ3) is 8.00. The molecule has 0 aliphatic heterocycles. The highest BCUT2D eigenvalue weighted by molar-refractivity contribution is 4.55. The third-order valence-corrected chi connectivity index (χ3v) is 1.85. The van der Waals surface area contributed by atoms with Crippen LogP contribution in [0.4, 0.5) is 0 Å². The summed E-state index contributed by atoms with van der Waals surface area (Å²) in [6, 6.07) is 0. The van der Waals surface area contributed by atoms with Gasteiger partial charge in [-0.3, -0.25) is 0 Å². The van der Waals surface area contributed by atoms with Crippen molar-refractivity contribution in [2.75, 3.05) is 0 Å². The lowest BCUT2D eigenvalue weighted by molar-refractivity contribution is 0.605. The summed E-state index contributed by atoms with van der Waals surface area (Å²) in [5, 5.41) is 0. The monoisotopic (exact) mass is 141 g/mol. The highest BCUT2D eigenvalue weighted by Gasteiger charge is 1.87. The zero-order chi connectivity index (χ0) is 7.66. The van der Waals surface area contributed by atoms with E-state index in [1.54, 1.807) is 0 Å². The van der Waals surface area contributed by atoms with Crippen LogP contribution in [0, 0.1) is 6.42 Å². The van der Waals surface area contributed by atoms with Crippen molar-refractivity contribution in [3.63, 3.8) is 0 Å². The van der Waals surface area contributed by atoms with Crippen LogP contribution in [-0.4, -0.2) is 0 Å². The van der Waals surface area contributed by atoms with Gasteiger partial charge in [0.15, 0.2) is 0 Å². The Hall–Kier alpha value is 0. The summed E-state index contributed by atoms with van der Waals surface area (Å²) >= 11 is 0. The maximum absolute atomic E-state index is 2.26. The Kier molecular flexibility index (Phi) is 9.00. The first kappa shape index (κ1) is 10.0. The van der Waals surface area contributed by atoms with Gasteiger partial charge >= 0.3 is 0 Å². The molecule has 0 nitrogen and oxygen atoms in total. The maximum atomic E-state index is 2.26. The summed E-state index contributed by atoms with van der Waals surface area (Å²) in [6.45, 7) is 4.41. The third-order valence-electron chi connectivity index (χ3n) is 1.85. The first-order valence-electron chi connectivity index (χ1n) is 4.69. The molecule has 0 aromatic heterocycles. The van der Waals surface area contributed by atoms with Gasteiger partial charge < -0.3 is 0 Å². The average molecular weight is 141 g/mol. The summed E-state index contributed by atoms with van der Waals surface area (Å²) in [4.78, 5) is 0. The van der Waals surface area contributed by atoms with E-state index in [0.717, 1.165) is 0 Å². The lowest BCUT2D eigenvalue weighted by Gasteiger charge is -1.97. The largest absolute Gasteiger partial charge is 0.0654 e. The van der Waals surface area contributed by atoms with Gasteiger partial charge in [0, 0.05) is 0 Å². The molecule has 0 aliphatic rings. The second-order valence-corrected chi connectivity index (χ2v) is 2.96. The Morgan fingerprint density at radius 3 is 2.10 bits per heavy atom. The van der Waals surface area contributed by atoms with Crippen LogP contribution in [0.15, 0.2) is 0 Å². The second kappa shape index (κ2) is 9.00. The van der Waals surface area contributed by atoms with Gasteiger partial charge in [-0.2, -0.15) is 0 Å². The SMILES string of the molecule is C[CH]CCCCCCCC. The molecule has 61 valence electrons. The van der Waals surface area contributed by atoms with Crippen LogP contribution in [0.3, 0.4) is 0 Å². The topological polar surface area (TPSA) is 0 Å². The molecule has 0 heteroatoms. The van der Waals surface area contributed by atoms with Crippen LogP contribution >= 0.6 is 0 Å². The van der Waals surface area contributed by atoms with E-state index in [1.165, 1.54) is 44.9 Å². The van der Waals surface area contributed by atoms with Crippen LogP contribution in [0.5, 0.6) is 0 Å². The van der Waals surface area contributed by atoms with E-state index in [2.05, 4.69) is 20.3 Å². The zero-order valence-electron chi connectivity index (χ0n) is 7.53. The van der Waals surface area contributed by atoms with Crippen LogP contribution in [0.1, 0.15) is 58.8 Å². The smallest absolute Gasteiger partial charge is 0.0417 e. The minimum absolute atomic E-state index is 1.31. The summed E-state index contributed by atoms with van der Waals surface area (Å²) in [5.74, 6) is 0. The molecule has 0 unspecified atom stereocenters. The van der Waals surface area contributed by atoms with E-state index in [-0.39, 0.29) is 0 Å². The zero-order valence-corrected chi connectivity index (χ0v) is 7.53. The van der Waals surface area contributed by atoms with E-state index in [9.17, 15) is 0 Å². The number of hydrogen-bond acceptors (Lipinski definition) is 0. The fourth-order valence-electron chi connectivity index (χ4n) is 1.13. The van der Waals surface area contributed by atoms with Crippen molar-refractivity contribution in [3.8, 4) is 0 Å². The fourth-order valence-corrected chi connectivity index (χ4v) is 1.13. The summed E-state index contributed by atoms with van der Waals surface area (Å²) in [5.41, 5.74) is 0. The average Bonchev–Trinajstić information content (AvgIpc) is 1.97. The summed E-state index contributed by atoms with van der Waals surface area (Å²) in [6.07, 6.45) is 12.1. The van der Waals surface area contributed by atoms with Gasteiger partial charge in [0.25, 0.3) is 0 Å². The molecule has 0 aromatic rings. The highest BCUT2D eigenvalue weighted by atomic mass is 13.9. The quantitative estimate of drug-likeness (QED) is 0.471. The van der Waals surface area contributed by atoms with Gasteiger partial charge in [-0.1, -0.05) is 58.8 Å². The molecule has 0 saturated heterocycles. The molecule has 10 heavy (non-hydrogen) atoms. The number of hydrogen-bond donors (Lipinski definition) is 0. The van der Waals surface area contributed by atoms with E-state index in [4.69, 9.17) is 0 Å². The van der Waals surface area contributed by atoms with Gasteiger partial charge in [-0.15, -0.1) is 0 Å². The number of unbranched alkanes of at least 4 members (excludes halogenated alkanes) is 7. The lowest BCUT2D eigenvalue weighted by Crippen LogP contribution is -1.78. The minimum Gasteiger partial charge on any atom is -0.0654 e. The van der Waals surface area contributed by atoms with E-state index >= 15 is 0 Å². The Morgan fingerprint density at radius 1 is 0.900 bits per heavy atom. The normalized spacial score (nSPS) is 10.2. The fraction of sp³-hybridized carbons (Fsp3) is 0.900. The van der Waals surface area contributed by atoms with Gasteiger partial charge in [0.05, 0.1) is 0 Å². The lowest BCUT2D eigenvalue weighted by atomic mass is 10.1. The molecule has 0 amide bonds. The molecule has 0 aromatic carbocycles. The molecule has 0 heterocycles. The molecule has 1 radical (unpaired) electrons. The molecule has 0 atom stereocenters. The second-order valence-electron chi connectivity index (χ2n) is 2.96. The van der Waals surface area contributed by atoms with Crippen LogP contribution in [-0.2, 0) is 0 Å². The Balaban J connectivity index is 2.65. The summed E-state index contributed by atoms with van der Waals surface area (Å²) < 4.78 is 0. The first-order chi connectivity index (χ1) is 4.91. The van der Waals surface area contributed by atoms with Gasteiger partial charge in [-0.25, -0.2) is 0 Å². The molecular formula is C10H21. The molecule has 0 N–H and O–H groups in total. The van der Waals surface area contributed by atoms with E-state index < -0.39 is 0 Å². The standard InChI is InChI=1S/C10H21/c1-3-5-7-9-10-8-6-4-2/h3H,4-10H2,1-2H3.